The Kier molecular flexibility index (Phi) is 5.48. The molecule has 0 bridgehead atoms. The molecule has 0 saturated carbocycles. The van der Waals surface area contributed by atoms with Crippen LogP contribution in [0.5, 0.6) is 0 Å². The van der Waals surface area contributed by atoms with Gasteiger partial charge in [-0.3, -0.25) is 4.79 Å². The molecule has 7 heteroatoms. The largest absolute Gasteiger partial charge is 0.363 e. The van der Waals surface area contributed by atoms with Crippen molar-refractivity contribution >= 4 is 23.1 Å². The van der Waals surface area contributed by atoms with E-state index >= 15 is 0 Å². The predicted octanol–water partition coefficient (Wildman–Crippen LogP) is 3.13. The molecule has 0 radical (unpaired) electrons. The number of hydrogen-bond acceptors (Lipinski definition) is 6. The molecule has 0 spiro atoms. The summed E-state index contributed by atoms with van der Waals surface area (Å²) in [6, 6.07) is 13.4. The zero-order chi connectivity index (χ0) is 17.5. The number of anilines is 1. The van der Waals surface area contributed by atoms with Crippen molar-refractivity contribution in [2.75, 3.05) is 11.9 Å². The van der Waals surface area contributed by atoms with Crippen LogP contribution in [0.1, 0.15) is 15.4 Å². The molecule has 2 N–H and O–H groups in total. The first kappa shape index (κ1) is 16.8. The summed E-state index contributed by atoms with van der Waals surface area (Å²) in [5, 5.41) is 16.1. The van der Waals surface area contributed by atoms with Crippen molar-refractivity contribution in [3.8, 4) is 10.6 Å². The van der Waals surface area contributed by atoms with Crippen molar-refractivity contribution in [1.82, 2.24) is 20.5 Å². The Morgan fingerprint density at radius 3 is 2.72 bits per heavy atom. The maximum absolute atomic E-state index is 11.8. The van der Waals surface area contributed by atoms with Crippen molar-refractivity contribution in [3.63, 3.8) is 0 Å². The Bertz CT molecular complexity index is 845. The number of benzene rings is 1. The van der Waals surface area contributed by atoms with Gasteiger partial charge in [-0.1, -0.05) is 47.7 Å². The van der Waals surface area contributed by atoms with Crippen LogP contribution in [-0.4, -0.2) is 27.6 Å². The number of rotatable bonds is 7. The molecule has 0 unspecified atom stereocenters. The minimum atomic E-state index is -0.171. The molecule has 0 atom stereocenters. The molecule has 0 saturated heterocycles. The van der Waals surface area contributed by atoms with Crippen LogP contribution in [-0.2, 0) is 6.54 Å². The van der Waals surface area contributed by atoms with Gasteiger partial charge in [0.05, 0.1) is 12.1 Å². The van der Waals surface area contributed by atoms with Crippen molar-refractivity contribution in [3.05, 3.63) is 71.9 Å². The minimum Gasteiger partial charge on any atom is -0.363 e. The second-order valence-corrected chi connectivity index (χ2v) is 6.21. The van der Waals surface area contributed by atoms with Crippen LogP contribution in [0.4, 0.5) is 5.82 Å². The topological polar surface area (TPSA) is 79.8 Å². The Morgan fingerprint density at radius 2 is 2.00 bits per heavy atom. The first-order chi connectivity index (χ1) is 12.3. The number of pyridine rings is 1. The van der Waals surface area contributed by atoms with Crippen LogP contribution in [0.25, 0.3) is 10.6 Å². The van der Waals surface area contributed by atoms with Gasteiger partial charge in [-0.25, -0.2) is 4.98 Å². The van der Waals surface area contributed by atoms with E-state index in [1.54, 1.807) is 18.2 Å². The summed E-state index contributed by atoms with van der Waals surface area (Å²) in [7, 11) is 0. The number of carbonyl (C=O) groups excluding carboxylic acids is 1. The monoisotopic (exact) mass is 351 g/mol. The van der Waals surface area contributed by atoms with Gasteiger partial charge in [0.25, 0.3) is 5.91 Å². The quantitative estimate of drug-likeness (QED) is 0.639. The molecule has 0 aliphatic carbocycles. The minimum absolute atomic E-state index is 0.171. The molecule has 3 rings (SSSR count). The molecule has 1 aromatic carbocycles. The molecular formula is C18H17N5OS. The Balaban J connectivity index is 1.58. The zero-order valence-corrected chi connectivity index (χ0v) is 14.3. The Hall–Kier alpha value is -3.06. The molecule has 0 aliphatic rings. The van der Waals surface area contributed by atoms with Gasteiger partial charge in [-0.15, -0.1) is 16.8 Å². The van der Waals surface area contributed by atoms with Gasteiger partial charge in [0, 0.05) is 18.3 Å². The van der Waals surface area contributed by atoms with E-state index in [2.05, 4.69) is 32.4 Å². The summed E-state index contributed by atoms with van der Waals surface area (Å²) < 4.78 is 0. The highest BCUT2D eigenvalue weighted by Crippen LogP contribution is 2.23. The van der Waals surface area contributed by atoms with E-state index in [1.807, 2.05) is 30.3 Å². The van der Waals surface area contributed by atoms with Gasteiger partial charge in [0.1, 0.15) is 15.8 Å². The molecule has 1 amide bonds. The first-order valence-corrected chi connectivity index (χ1v) is 8.55. The molecule has 2 heterocycles. The highest BCUT2D eigenvalue weighted by molar-refractivity contribution is 7.14. The second-order valence-electron chi connectivity index (χ2n) is 5.15. The zero-order valence-electron chi connectivity index (χ0n) is 13.5. The predicted molar refractivity (Wildman–Crippen MR) is 99.4 cm³/mol. The lowest BCUT2D eigenvalue weighted by atomic mass is 10.2. The van der Waals surface area contributed by atoms with Crippen molar-refractivity contribution in [1.29, 1.82) is 0 Å². The van der Waals surface area contributed by atoms with Crippen LogP contribution < -0.4 is 10.6 Å². The highest BCUT2D eigenvalue weighted by atomic mass is 32.1. The fraction of sp³-hybridized carbons (Fsp3) is 0.111. The number of aromatic nitrogens is 3. The molecule has 25 heavy (non-hydrogen) atoms. The smallest absolute Gasteiger partial charge is 0.253 e. The van der Waals surface area contributed by atoms with Gasteiger partial charge < -0.3 is 10.6 Å². The van der Waals surface area contributed by atoms with Crippen molar-refractivity contribution in [2.24, 2.45) is 0 Å². The van der Waals surface area contributed by atoms with Crippen LogP contribution in [0.3, 0.4) is 0 Å². The number of nitrogens with one attached hydrogen (secondary N) is 2. The van der Waals surface area contributed by atoms with Gasteiger partial charge in [-0.2, -0.15) is 0 Å². The van der Waals surface area contributed by atoms with E-state index in [-0.39, 0.29) is 5.91 Å². The Morgan fingerprint density at radius 1 is 1.16 bits per heavy atom. The standard InChI is InChI=1S/C18H17N5OS/c1-2-10-19-17(24)14-8-9-15(20-11-14)21-12-16-22-23-18(25-16)13-6-4-3-5-7-13/h2-9,11H,1,10,12H2,(H,19,24)(H,20,21). The average molecular weight is 351 g/mol. The van der Waals surface area contributed by atoms with E-state index in [1.165, 1.54) is 17.5 Å². The van der Waals surface area contributed by atoms with Gasteiger partial charge >= 0.3 is 0 Å². The van der Waals surface area contributed by atoms with Crippen LogP contribution >= 0.6 is 11.3 Å². The van der Waals surface area contributed by atoms with E-state index in [4.69, 9.17) is 0 Å². The fourth-order valence-corrected chi connectivity index (χ4v) is 2.87. The lowest BCUT2D eigenvalue weighted by Gasteiger charge is -2.05. The summed E-state index contributed by atoms with van der Waals surface area (Å²) in [6.07, 6.45) is 3.17. The third-order valence-corrected chi connectivity index (χ3v) is 4.31. The Labute approximate surface area is 149 Å². The first-order valence-electron chi connectivity index (χ1n) is 7.73. The normalized spacial score (nSPS) is 10.2. The van der Waals surface area contributed by atoms with Crippen LogP contribution in [0.15, 0.2) is 61.3 Å². The summed E-state index contributed by atoms with van der Waals surface area (Å²) in [5.41, 5.74) is 1.56. The molecule has 3 aromatic rings. The van der Waals surface area contributed by atoms with Gasteiger partial charge in [0.2, 0.25) is 0 Å². The summed E-state index contributed by atoms with van der Waals surface area (Å²) in [6.45, 7) is 4.52. The molecule has 0 fully saturated rings. The fourth-order valence-electron chi connectivity index (χ4n) is 2.09. The number of nitrogens with zero attached hydrogens (tertiary/aromatic N) is 3. The second kappa shape index (κ2) is 8.16. The van der Waals surface area contributed by atoms with E-state index in [0.717, 1.165) is 15.6 Å². The number of amides is 1. The summed E-state index contributed by atoms with van der Waals surface area (Å²) in [5.74, 6) is 0.507. The SMILES string of the molecule is C=CCNC(=O)c1ccc(NCc2nnc(-c3ccccc3)s2)nc1. The van der Waals surface area contributed by atoms with E-state index in [0.29, 0.717) is 24.5 Å². The van der Waals surface area contributed by atoms with Crippen LogP contribution in [0.2, 0.25) is 0 Å². The number of carbonyl (C=O) groups is 1. The van der Waals surface area contributed by atoms with E-state index < -0.39 is 0 Å². The highest BCUT2D eigenvalue weighted by Gasteiger charge is 2.07. The molecule has 2 aromatic heterocycles. The summed E-state index contributed by atoms with van der Waals surface area (Å²) in [4.78, 5) is 16.0. The molecule has 126 valence electrons. The van der Waals surface area contributed by atoms with Crippen LogP contribution in [0, 0.1) is 0 Å². The van der Waals surface area contributed by atoms with Crippen molar-refractivity contribution < 1.29 is 4.79 Å². The number of hydrogen-bond donors (Lipinski definition) is 2. The van der Waals surface area contributed by atoms with E-state index in [9.17, 15) is 4.79 Å². The lowest BCUT2D eigenvalue weighted by molar-refractivity contribution is 0.0957. The van der Waals surface area contributed by atoms with Gasteiger partial charge in [0.15, 0.2) is 0 Å². The van der Waals surface area contributed by atoms with Gasteiger partial charge in [-0.05, 0) is 12.1 Å². The maximum atomic E-state index is 11.8. The third kappa shape index (κ3) is 4.48. The lowest BCUT2D eigenvalue weighted by Crippen LogP contribution is -2.23. The molecular weight excluding hydrogens is 334 g/mol. The molecule has 0 aliphatic heterocycles. The third-order valence-electron chi connectivity index (χ3n) is 3.34. The average Bonchev–Trinajstić information content (AvgIpc) is 3.14. The summed E-state index contributed by atoms with van der Waals surface area (Å²) >= 11 is 1.54. The molecule has 6 nitrogen and oxygen atoms in total. The van der Waals surface area contributed by atoms with Crippen molar-refractivity contribution in [2.45, 2.75) is 6.54 Å². The maximum Gasteiger partial charge on any atom is 0.253 e.